The van der Waals surface area contributed by atoms with Crippen LogP contribution >= 0.6 is 11.8 Å². The first-order chi connectivity index (χ1) is 12.0. The van der Waals surface area contributed by atoms with E-state index in [1.165, 1.54) is 6.07 Å². The van der Waals surface area contributed by atoms with E-state index in [1.54, 1.807) is 36.1 Å². The molecule has 0 saturated heterocycles. The second-order valence-electron chi connectivity index (χ2n) is 5.75. The first-order valence-electron chi connectivity index (χ1n) is 7.74. The molecule has 0 unspecified atom stereocenters. The maximum Gasteiger partial charge on any atom is 0.237 e. The van der Waals surface area contributed by atoms with E-state index in [9.17, 15) is 18.4 Å². The highest BCUT2D eigenvalue weighted by molar-refractivity contribution is 8.00. The molecule has 1 N–H and O–H groups in total. The van der Waals surface area contributed by atoms with Crippen LogP contribution in [0.3, 0.4) is 0 Å². The van der Waals surface area contributed by atoms with E-state index in [2.05, 4.69) is 5.32 Å². The second kappa shape index (κ2) is 7.23. The first kappa shape index (κ1) is 17.4. The Morgan fingerprint density at radius 2 is 2.04 bits per heavy atom. The minimum atomic E-state index is -0.695. The summed E-state index contributed by atoms with van der Waals surface area (Å²) in [5.41, 5.74) is 1.19. The number of hydrogen-bond acceptors (Lipinski definition) is 3. The quantitative estimate of drug-likeness (QED) is 0.845. The van der Waals surface area contributed by atoms with Crippen molar-refractivity contribution in [3.8, 4) is 0 Å². The number of rotatable bonds is 3. The van der Waals surface area contributed by atoms with Crippen LogP contribution in [0.5, 0.6) is 0 Å². The van der Waals surface area contributed by atoms with Gasteiger partial charge >= 0.3 is 0 Å². The molecule has 1 aliphatic heterocycles. The number of thioether (sulfide) groups is 1. The van der Waals surface area contributed by atoms with Gasteiger partial charge in [0.2, 0.25) is 11.8 Å². The second-order valence-corrected chi connectivity index (χ2v) is 6.76. The van der Waals surface area contributed by atoms with Gasteiger partial charge in [-0.1, -0.05) is 12.1 Å². The van der Waals surface area contributed by atoms with Crippen LogP contribution in [-0.2, 0) is 9.59 Å². The van der Waals surface area contributed by atoms with Crippen LogP contribution in [0.1, 0.15) is 13.3 Å². The van der Waals surface area contributed by atoms with E-state index in [1.807, 2.05) is 0 Å². The molecule has 130 valence electrons. The van der Waals surface area contributed by atoms with Crippen molar-refractivity contribution in [1.29, 1.82) is 0 Å². The van der Waals surface area contributed by atoms with Crippen molar-refractivity contribution >= 4 is 35.0 Å². The maximum absolute atomic E-state index is 13.7. The summed E-state index contributed by atoms with van der Waals surface area (Å²) in [4.78, 5) is 26.5. The molecule has 1 heterocycles. The number of benzene rings is 2. The largest absolute Gasteiger partial charge is 0.324 e. The summed E-state index contributed by atoms with van der Waals surface area (Å²) in [6.45, 7) is 1.79. The number of fused-ring (bicyclic) bond motifs is 1. The number of carbonyl (C=O) groups excluding carboxylic acids is 2. The zero-order chi connectivity index (χ0) is 18.0. The first-order valence-corrected chi connectivity index (χ1v) is 8.73. The topological polar surface area (TPSA) is 49.4 Å². The third-order valence-corrected chi connectivity index (χ3v) is 4.91. The standard InChI is InChI=1S/C18H16F2N2O2S/c1-11-8-17(23)21-14-4-2-3-5-15(14)22(11)18(24)10-25-16-7-6-12(19)9-13(16)20/h2-7,9,11H,8,10H2,1H3,(H,21,23)/t11-/m0/s1. The van der Waals surface area contributed by atoms with Gasteiger partial charge in [0.15, 0.2) is 0 Å². The van der Waals surface area contributed by atoms with Crippen LogP contribution in [0.15, 0.2) is 47.4 Å². The van der Waals surface area contributed by atoms with Crippen molar-refractivity contribution in [3.05, 3.63) is 54.1 Å². The van der Waals surface area contributed by atoms with Gasteiger partial charge in [-0.15, -0.1) is 11.8 Å². The number of halogens is 2. The van der Waals surface area contributed by atoms with Gasteiger partial charge in [-0.25, -0.2) is 8.78 Å². The average molecular weight is 362 g/mol. The molecule has 2 aromatic rings. The van der Waals surface area contributed by atoms with Crippen LogP contribution in [0.25, 0.3) is 0 Å². The third kappa shape index (κ3) is 3.82. The molecule has 1 atom stereocenters. The summed E-state index contributed by atoms with van der Waals surface area (Å²) in [5.74, 6) is -1.78. The van der Waals surface area contributed by atoms with E-state index < -0.39 is 11.6 Å². The minimum Gasteiger partial charge on any atom is -0.324 e. The molecule has 0 aliphatic carbocycles. The molecule has 0 aromatic heterocycles. The molecular formula is C18H16F2N2O2S. The third-order valence-electron chi connectivity index (χ3n) is 3.87. The molecule has 4 nitrogen and oxygen atoms in total. The van der Waals surface area contributed by atoms with E-state index in [-0.39, 0.29) is 34.9 Å². The predicted molar refractivity (Wildman–Crippen MR) is 93.7 cm³/mol. The normalized spacial score (nSPS) is 16.8. The summed E-state index contributed by atoms with van der Waals surface area (Å²) in [6.07, 6.45) is 0.177. The molecule has 0 fully saturated rings. The monoisotopic (exact) mass is 362 g/mol. The number of para-hydroxylation sites is 2. The molecule has 0 bridgehead atoms. The summed E-state index contributed by atoms with van der Waals surface area (Å²) in [5, 5.41) is 2.79. The van der Waals surface area contributed by atoms with Crippen LogP contribution in [0.2, 0.25) is 0 Å². The number of nitrogens with one attached hydrogen (secondary N) is 1. The van der Waals surface area contributed by atoms with Crippen molar-refractivity contribution < 1.29 is 18.4 Å². The van der Waals surface area contributed by atoms with Gasteiger partial charge in [0.1, 0.15) is 11.6 Å². The summed E-state index contributed by atoms with van der Waals surface area (Å²) >= 11 is 1.00. The van der Waals surface area contributed by atoms with Crippen molar-refractivity contribution in [1.82, 2.24) is 0 Å². The van der Waals surface area contributed by atoms with Crippen molar-refractivity contribution in [2.24, 2.45) is 0 Å². The van der Waals surface area contributed by atoms with E-state index in [4.69, 9.17) is 0 Å². The van der Waals surface area contributed by atoms with E-state index >= 15 is 0 Å². The van der Waals surface area contributed by atoms with Gasteiger partial charge in [0.05, 0.1) is 17.1 Å². The highest BCUT2D eigenvalue weighted by Crippen LogP contribution is 2.32. The zero-order valence-electron chi connectivity index (χ0n) is 13.5. The Kier molecular flexibility index (Phi) is 5.03. The van der Waals surface area contributed by atoms with Gasteiger partial charge in [-0.2, -0.15) is 0 Å². The number of hydrogen-bond donors (Lipinski definition) is 1. The Balaban J connectivity index is 1.81. The molecule has 25 heavy (non-hydrogen) atoms. The van der Waals surface area contributed by atoms with Crippen LogP contribution in [-0.4, -0.2) is 23.6 Å². The zero-order valence-corrected chi connectivity index (χ0v) is 14.3. The van der Waals surface area contributed by atoms with E-state index in [0.29, 0.717) is 11.4 Å². The molecule has 0 saturated carbocycles. The molecule has 3 rings (SSSR count). The summed E-state index contributed by atoms with van der Waals surface area (Å²) < 4.78 is 26.7. The maximum atomic E-state index is 13.7. The van der Waals surface area contributed by atoms with Crippen molar-refractivity contribution in [2.45, 2.75) is 24.3 Å². The summed E-state index contributed by atoms with van der Waals surface area (Å²) in [7, 11) is 0. The Labute approximate surface area is 148 Å². The van der Waals surface area contributed by atoms with Gasteiger partial charge < -0.3 is 10.2 Å². The van der Waals surface area contributed by atoms with Crippen molar-refractivity contribution in [2.75, 3.05) is 16.0 Å². The SMILES string of the molecule is C[C@H]1CC(=O)Nc2ccccc2N1C(=O)CSc1ccc(F)cc1F. The lowest BCUT2D eigenvalue weighted by molar-refractivity contribution is -0.117. The highest BCUT2D eigenvalue weighted by atomic mass is 32.2. The smallest absolute Gasteiger partial charge is 0.237 e. The fourth-order valence-corrected chi connectivity index (χ4v) is 3.55. The number of carbonyl (C=O) groups is 2. The number of amides is 2. The number of nitrogens with zero attached hydrogens (tertiary/aromatic N) is 1. The predicted octanol–water partition coefficient (Wildman–Crippen LogP) is 3.82. The lowest BCUT2D eigenvalue weighted by Gasteiger charge is -2.27. The van der Waals surface area contributed by atoms with Gasteiger partial charge in [-0.05, 0) is 31.2 Å². The Hall–Kier alpha value is -2.41. The fourth-order valence-electron chi connectivity index (χ4n) is 2.77. The van der Waals surface area contributed by atoms with Crippen LogP contribution in [0, 0.1) is 11.6 Å². The van der Waals surface area contributed by atoms with Crippen LogP contribution < -0.4 is 10.2 Å². The van der Waals surface area contributed by atoms with E-state index in [0.717, 1.165) is 23.9 Å². The molecule has 7 heteroatoms. The number of anilines is 2. The fraction of sp³-hybridized carbons (Fsp3) is 0.222. The molecule has 2 aromatic carbocycles. The lowest BCUT2D eigenvalue weighted by atomic mass is 10.2. The molecule has 0 radical (unpaired) electrons. The highest BCUT2D eigenvalue weighted by Gasteiger charge is 2.29. The minimum absolute atomic E-state index is 0.0184. The molecular weight excluding hydrogens is 346 g/mol. The molecule has 1 aliphatic rings. The average Bonchev–Trinajstić information content (AvgIpc) is 2.68. The Bertz CT molecular complexity index is 828. The molecule has 0 spiro atoms. The Morgan fingerprint density at radius 3 is 2.80 bits per heavy atom. The van der Waals surface area contributed by atoms with Gasteiger partial charge in [-0.3, -0.25) is 9.59 Å². The van der Waals surface area contributed by atoms with Gasteiger partial charge in [0.25, 0.3) is 0 Å². The Morgan fingerprint density at radius 1 is 1.28 bits per heavy atom. The van der Waals surface area contributed by atoms with Crippen LogP contribution in [0.4, 0.5) is 20.2 Å². The van der Waals surface area contributed by atoms with Gasteiger partial charge in [0, 0.05) is 23.4 Å². The summed E-state index contributed by atoms with van der Waals surface area (Å²) in [6, 6.07) is 10.00. The lowest BCUT2D eigenvalue weighted by Crippen LogP contribution is -2.40. The molecule has 2 amide bonds. The van der Waals surface area contributed by atoms with Crippen molar-refractivity contribution in [3.63, 3.8) is 0 Å².